The van der Waals surface area contributed by atoms with Gasteiger partial charge in [-0.25, -0.2) is 13.1 Å². The lowest BCUT2D eigenvalue weighted by Crippen LogP contribution is -2.33. The number of ether oxygens (including phenoxy) is 1. The molecule has 1 aromatic rings. The molecular formula is C14H22N2O3S. The summed E-state index contributed by atoms with van der Waals surface area (Å²) >= 11 is 0. The van der Waals surface area contributed by atoms with Crippen LogP contribution in [0.3, 0.4) is 0 Å². The fourth-order valence-electron chi connectivity index (χ4n) is 2.23. The van der Waals surface area contributed by atoms with Crippen LogP contribution in [0.2, 0.25) is 0 Å². The monoisotopic (exact) mass is 298 g/mol. The highest BCUT2D eigenvalue weighted by Crippen LogP contribution is 2.30. The molecule has 0 aliphatic carbocycles. The van der Waals surface area contributed by atoms with E-state index in [0.29, 0.717) is 0 Å². The van der Waals surface area contributed by atoms with Crippen LogP contribution >= 0.6 is 0 Å². The Hall–Kier alpha value is -1.11. The molecule has 2 rings (SSSR count). The molecule has 112 valence electrons. The molecule has 0 radical (unpaired) electrons. The SMILES string of the molecule is CNS(=O)(=O)c1ccc(NCC2(C)CCOCC2)cc1. The topological polar surface area (TPSA) is 67.4 Å². The largest absolute Gasteiger partial charge is 0.384 e. The normalized spacial score (nSPS) is 18.7. The van der Waals surface area contributed by atoms with Gasteiger partial charge in [-0.3, -0.25) is 0 Å². The molecule has 1 aromatic carbocycles. The van der Waals surface area contributed by atoms with Crippen LogP contribution in [0.15, 0.2) is 29.2 Å². The molecule has 6 heteroatoms. The van der Waals surface area contributed by atoms with Crippen LogP contribution in [0.1, 0.15) is 19.8 Å². The van der Waals surface area contributed by atoms with Gasteiger partial charge in [-0.2, -0.15) is 0 Å². The van der Waals surface area contributed by atoms with Crippen molar-refractivity contribution in [3.05, 3.63) is 24.3 Å². The summed E-state index contributed by atoms with van der Waals surface area (Å²) in [5, 5.41) is 3.38. The maximum absolute atomic E-state index is 11.6. The van der Waals surface area contributed by atoms with E-state index in [1.807, 2.05) is 0 Å². The van der Waals surface area contributed by atoms with Gasteiger partial charge in [-0.15, -0.1) is 0 Å². The van der Waals surface area contributed by atoms with E-state index in [1.165, 1.54) is 7.05 Å². The minimum Gasteiger partial charge on any atom is -0.384 e. The number of benzene rings is 1. The van der Waals surface area contributed by atoms with Crippen molar-refractivity contribution in [3.8, 4) is 0 Å². The molecule has 0 amide bonds. The van der Waals surface area contributed by atoms with Crippen LogP contribution in [0.5, 0.6) is 0 Å². The Balaban J connectivity index is 1.97. The van der Waals surface area contributed by atoms with Gasteiger partial charge in [-0.1, -0.05) is 6.92 Å². The summed E-state index contributed by atoms with van der Waals surface area (Å²) in [5.74, 6) is 0. The van der Waals surface area contributed by atoms with Crippen LogP contribution in [0, 0.1) is 5.41 Å². The molecule has 0 unspecified atom stereocenters. The number of hydrogen-bond donors (Lipinski definition) is 2. The highest BCUT2D eigenvalue weighted by Gasteiger charge is 2.26. The van der Waals surface area contributed by atoms with Crippen molar-refractivity contribution in [2.45, 2.75) is 24.7 Å². The van der Waals surface area contributed by atoms with Gasteiger partial charge in [-0.05, 0) is 49.6 Å². The van der Waals surface area contributed by atoms with Crippen molar-refractivity contribution in [3.63, 3.8) is 0 Å². The molecular weight excluding hydrogens is 276 g/mol. The van der Waals surface area contributed by atoms with Gasteiger partial charge < -0.3 is 10.1 Å². The third-order valence-electron chi connectivity index (χ3n) is 3.85. The molecule has 0 saturated carbocycles. The Morgan fingerprint density at radius 1 is 1.20 bits per heavy atom. The van der Waals surface area contributed by atoms with Crippen LogP contribution in [-0.4, -0.2) is 35.2 Å². The highest BCUT2D eigenvalue weighted by atomic mass is 32.2. The Labute approximate surface area is 120 Å². The van der Waals surface area contributed by atoms with Crippen molar-refractivity contribution in [2.75, 3.05) is 32.1 Å². The van der Waals surface area contributed by atoms with Crippen molar-refractivity contribution in [1.29, 1.82) is 0 Å². The van der Waals surface area contributed by atoms with Crippen molar-refractivity contribution in [1.82, 2.24) is 4.72 Å². The van der Waals surface area contributed by atoms with Gasteiger partial charge in [0.25, 0.3) is 0 Å². The second-order valence-corrected chi connectivity index (χ2v) is 7.40. The zero-order valence-electron chi connectivity index (χ0n) is 12.0. The molecule has 1 heterocycles. The number of anilines is 1. The summed E-state index contributed by atoms with van der Waals surface area (Å²) in [6, 6.07) is 6.82. The molecule has 0 bridgehead atoms. The maximum atomic E-state index is 11.6. The average Bonchev–Trinajstić information content (AvgIpc) is 2.46. The predicted octanol–water partition coefficient (Wildman–Crippen LogP) is 1.82. The average molecular weight is 298 g/mol. The Morgan fingerprint density at radius 3 is 2.35 bits per heavy atom. The summed E-state index contributed by atoms with van der Waals surface area (Å²) in [5.41, 5.74) is 1.18. The summed E-state index contributed by atoms with van der Waals surface area (Å²) in [7, 11) is -1.95. The first-order valence-electron chi connectivity index (χ1n) is 6.80. The lowest BCUT2D eigenvalue weighted by molar-refractivity contribution is 0.0300. The van der Waals surface area contributed by atoms with E-state index in [4.69, 9.17) is 4.74 Å². The van der Waals surface area contributed by atoms with Crippen LogP contribution in [-0.2, 0) is 14.8 Å². The summed E-state index contributed by atoms with van der Waals surface area (Å²) in [6.45, 7) is 4.76. The maximum Gasteiger partial charge on any atom is 0.240 e. The zero-order chi connectivity index (χ0) is 14.6. The molecule has 1 aliphatic heterocycles. The third-order valence-corrected chi connectivity index (χ3v) is 5.28. The van der Waals surface area contributed by atoms with Gasteiger partial charge in [0.1, 0.15) is 0 Å². The predicted molar refractivity (Wildman–Crippen MR) is 79.3 cm³/mol. The molecule has 1 fully saturated rings. The van der Waals surface area contributed by atoms with Crippen molar-refractivity contribution >= 4 is 15.7 Å². The number of hydrogen-bond acceptors (Lipinski definition) is 4. The summed E-state index contributed by atoms with van der Waals surface area (Å²) < 4.78 is 30.9. The smallest absolute Gasteiger partial charge is 0.240 e. The third kappa shape index (κ3) is 3.71. The molecule has 1 aliphatic rings. The van der Waals surface area contributed by atoms with Gasteiger partial charge in [0, 0.05) is 25.4 Å². The standard InChI is InChI=1S/C14H22N2O3S/c1-14(7-9-19-10-8-14)11-16-12-3-5-13(6-4-12)20(17,18)15-2/h3-6,15-16H,7-11H2,1-2H3. The Kier molecular flexibility index (Phi) is 4.67. The first-order valence-corrected chi connectivity index (χ1v) is 8.29. The van der Waals surface area contributed by atoms with E-state index >= 15 is 0 Å². The van der Waals surface area contributed by atoms with Gasteiger partial charge in [0.15, 0.2) is 0 Å². The van der Waals surface area contributed by atoms with Gasteiger partial charge in [0.05, 0.1) is 4.90 Å². The lowest BCUT2D eigenvalue weighted by Gasteiger charge is -2.33. The van der Waals surface area contributed by atoms with Crippen molar-refractivity contribution < 1.29 is 13.2 Å². The quantitative estimate of drug-likeness (QED) is 0.870. The van der Waals surface area contributed by atoms with E-state index in [9.17, 15) is 8.42 Å². The first kappa shape index (κ1) is 15.3. The Bertz CT molecular complexity index is 534. The molecule has 5 nitrogen and oxygen atoms in total. The summed E-state index contributed by atoms with van der Waals surface area (Å²) in [4.78, 5) is 0.280. The first-order chi connectivity index (χ1) is 9.45. The second-order valence-electron chi connectivity index (χ2n) is 5.51. The fraction of sp³-hybridized carbons (Fsp3) is 0.571. The number of rotatable bonds is 5. The zero-order valence-corrected chi connectivity index (χ0v) is 12.8. The van der Waals surface area contributed by atoms with E-state index in [-0.39, 0.29) is 10.3 Å². The van der Waals surface area contributed by atoms with E-state index < -0.39 is 10.0 Å². The van der Waals surface area contributed by atoms with E-state index in [1.54, 1.807) is 24.3 Å². The minimum absolute atomic E-state index is 0.244. The highest BCUT2D eigenvalue weighted by molar-refractivity contribution is 7.89. The lowest BCUT2D eigenvalue weighted by atomic mass is 9.82. The molecule has 1 saturated heterocycles. The second kappa shape index (κ2) is 6.11. The minimum atomic E-state index is -3.36. The van der Waals surface area contributed by atoms with Crippen LogP contribution < -0.4 is 10.0 Å². The molecule has 20 heavy (non-hydrogen) atoms. The summed E-state index contributed by atoms with van der Waals surface area (Å²) in [6.07, 6.45) is 2.10. The molecule has 0 aromatic heterocycles. The molecule has 0 spiro atoms. The van der Waals surface area contributed by atoms with Crippen LogP contribution in [0.4, 0.5) is 5.69 Å². The number of sulfonamides is 1. The van der Waals surface area contributed by atoms with Crippen molar-refractivity contribution in [2.24, 2.45) is 5.41 Å². The fourth-order valence-corrected chi connectivity index (χ4v) is 2.96. The number of nitrogens with one attached hydrogen (secondary N) is 2. The van der Waals surface area contributed by atoms with Crippen LogP contribution in [0.25, 0.3) is 0 Å². The van der Waals surface area contributed by atoms with E-state index in [2.05, 4.69) is 17.0 Å². The van der Waals surface area contributed by atoms with E-state index in [0.717, 1.165) is 38.3 Å². The molecule has 2 N–H and O–H groups in total. The Morgan fingerprint density at radius 2 is 1.80 bits per heavy atom. The van der Waals surface area contributed by atoms with Gasteiger partial charge in [0.2, 0.25) is 10.0 Å². The molecule has 0 atom stereocenters. The van der Waals surface area contributed by atoms with Gasteiger partial charge >= 0.3 is 0 Å².